The standard InChI is InChI=1S/C19H23ClN2O/c20-18-9-15-12-21-8-7-14(15)10-19(18)23-17-5-3-16(4-6-17)22-11-13-1-2-13/h7-10,12-13,16-17,22H,1-6,11H2. The lowest BCUT2D eigenvalue weighted by Crippen LogP contribution is -2.37. The number of rotatable bonds is 5. The minimum Gasteiger partial charge on any atom is -0.489 e. The van der Waals surface area contributed by atoms with Crippen LogP contribution in [-0.2, 0) is 0 Å². The maximum absolute atomic E-state index is 6.38. The van der Waals surface area contributed by atoms with Crippen LogP contribution in [0.25, 0.3) is 10.8 Å². The van der Waals surface area contributed by atoms with Gasteiger partial charge in [-0.15, -0.1) is 0 Å². The summed E-state index contributed by atoms with van der Waals surface area (Å²) < 4.78 is 6.20. The first-order chi connectivity index (χ1) is 11.3. The Morgan fingerprint density at radius 2 is 1.91 bits per heavy atom. The van der Waals surface area contributed by atoms with Gasteiger partial charge in [-0.05, 0) is 74.6 Å². The molecule has 122 valence electrons. The molecular formula is C19H23ClN2O. The van der Waals surface area contributed by atoms with Gasteiger partial charge in [-0.3, -0.25) is 4.98 Å². The second-order valence-electron chi connectivity index (χ2n) is 6.95. The molecule has 1 aromatic heterocycles. The van der Waals surface area contributed by atoms with Crippen LogP contribution in [0, 0.1) is 5.92 Å². The first-order valence-corrected chi connectivity index (χ1v) is 9.09. The second-order valence-corrected chi connectivity index (χ2v) is 7.36. The molecule has 0 bridgehead atoms. The molecular weight excluding hydrogens is 308 g/mol. The molecule has 2 saturated carbocycles. The van der Waals surface area contributed by atoms with Crippen LogP contribution in [0.5, 0.6) is 5.75 Å². The minimum absolute atomic E-state index is 0.283. The van der Waals surface area contributed by atoms with E-state index >= 15 is 0 Å². The number of pyridine rings is 1. The van der Waals surface area contributed by atoms with Crippen LogP contribution in [0.15, 0.2) is 30.6 Å². The van der Waals surface area contributed by atoms with Gasteiger partial charge >= 0.3 is 0 Å². The predicted molar refractivity (Wildman–Crippen MR) is 94.2 cm³/mol. The molecule has 0 amide bonds. The van der Waals surface area contributed by atoms with Crippen LogP contribution in [0.4, 0.5) is 0 Å². The molecule has 0 aliphatic heterocycles. The average molecular weight is 331 g/mol. The van der Waals surface area contributed by atoms with Gasteiger partial charge in [-0.1, -0.05) is 11.6 Å². The molecule has 1 aromatic carbocycles. The molecule has 2 aliphatic rings. The van der Waals surface area contributed by atoms with Crippen molar-refractivity contribution in [3.63, 3.8) is 0 Å². The first kappa shape index (κ1) is 15.2. The van der Waals surface area contributed by atoms with Gasteiger partial charge in [0, 0.05) is 23.8 Å². The van der Waals surface area contributed by atoms with E-state index in [0.29, 0.717) is 11.1 Å². The fourth-order valence-corrected chi connectivity index (χ4v) is 3.61. The lowest BCUT2D eigenvalue weighted by Gasteiger charge is -2.30. The summed E-state index contributed by atoms with van der Waals surface area (Å²) in [7, 11) is 0. The lowest BCUT2D eigenvalue weighted by atomic mass is 9.93. The van der Waals surface area contributed by atoms with E-state index in [-0.39, 0.29) is 6.10 Å². The van der Waals surface area contributed by atoms with Crippen LogP contribution < -0.4 is 10.1 Å². The molecule has 2 aromatic rings. The van der Waals surface area contributed by atoms with Gasteiger partial charge in [0.25, 0.3) is 0 Å². The number of ether oxygens (including phenoxy) is 1. The van der Waals surface area contributed by atoms with Crippen molar-refractivity contribution < 1.29 is 4.74 Å². The normalized spacial score (nSPS) is 24.7. The number of nitrogens with one attached hydrogen (secondary N) is 1. The molecule has 0 atom stereocenters. The third kappa shape index (κ3) is 3.78. The van der Waals surface area contributed by atoms with Crippen molar-refractivity contribution in [1.29, 1.82) is 0 Å². The third-order valence-electron chi connectivity index (χ3n) is 5.05. The van der Waals surface area contributed by atoms with Crippen molar-refractivity contribution in [3.05, 3.63) is 35.6 Å². The molecule has 1 heterocycles. The van der Waals surface area contributed by atoms with Crippen LogP contribution in [-0.4, -0.2) is 23.7 Å². The molecule has 4 heteroatoms. The SMILES string of the molecule is Clc1cc2cnccc2cc1OC1CCC(NCC2CC2)CC1. The van der Waals surface area contributed by atoms with E-state index in [0.717, 1.165) is 35.3 Å². The Morgan fingerprint density at radius 1 is 1.09 bits per heavy atom. The van der Waals surface area contributed by atoms with Crippen molar-refractivity contribution >= 4 is 22.4 Å². The molecule has 2 fully saturated rings. The Kier molecular flexibility index (Phi) is 4.41. The highest BCUT2D eigenvalue weighted by Gasteiger charge is 2.26. The fraction of sp³-hybridized carbons (Fsp3) is 0.526. The van der Waals surface area contributed by atoms with Crippen LogP contribution in [0.1, 0.15) is 38.5 Å². The monoisotopic (exact) mass is 330 g/mol. The smallest absolute Gasteiger partial charge is 0.138 e. The van der Waals surface area contributed by atoms with Gasteiger partial charge in [0.1, 0.15) is 5.75 Å². The van der Waals surface area contributed by atoms with Crippen LogP contribution in [0.2, 0.25) is 5.02 Å². The summed E-state index contributed by atoms with van der Waals surface area (Å²) in [4.78, 5) is 4.14. The summed E-state index contributed by atoms with van der Waals surface area (Å²) in [5, 5.41) is 6.57. The van der Waals surface area contributed by atoms with Gasteiger partial charge < -0.3 is 10.1 Å². The van der Waals surface area contributed by atoms with Crippen molar-refractivity contribution in [2.45, 2.75) is 50.7 Å². The molecule has 0 saturated heterocycles. The van der Waals surface area contributed by atoms with Gasteiger partial charge in [0.05, 0.1) is 11.1 Å². The second kappa shape index (κ2) is 6.66. The summed E-state index contributed by atoms with van der Waals surface area (Å²) in [5.74, 6) is 1.76. The number of benzene rings is 1. The van der Waals surface area contributed by atoms with Crippen molar-refractivity contribution in [2.75, 3.05) is 6.54 Å². The topological polar surface area (TPSA) is 34.1 Å². The number of aromatic nitrogens is 1. The Morgan fingerprint density at radius 3 is 2.70 bits per heavy atom. The van der Waals surface area contributed by atoms with Crippen molar-refractivity contribution in [3.8, 4) is 5.75 Å². The van der Waals surface area contributed by atoms with E-state index in [1.54, 1.807) is 6.20 Å². The van der Waals surface area contributed by atoms with Gasteiger partial charge in [-0.2, -0.15) is 0 Å². The molecule has 0 radical (unpaired) electrons. The van der Waals surface area contributed by atoms with E-state index in [2.05, 4.69) is 10.3 Å². The van der Waals surface area contributed by atoms with E-state index in [1.165, 1.54) is 32.2 Å². The molecule has 0 unspecified atom stereocenters. The van der Waals surface area contributed by atoms with E-state index in [9.17, 15) is 0 Å². The maximum atomic E-state index is 6.38. The number of halogens is 1. The number of nitrogens with zero attached hydrogens (tertiary/aromatic N) is 1. The molecule has 4 rings (SSSR count). The fourth-order valence-electron chi connectivity index (χ4n) is 3.40. The zero-order valence-corrected chi connectivity index (χ0v) is 14.1. The third-order valence-corrected chi connectivity index (χ3v) is 5.35. The summed E-state index contributed by atoms with van der Waals surface area (Å²) in [6.07, 6.45) is 11.4. The number of hydrogen-bond donors (Lipinski definition) is 1. The van der Waals surface area contributed by atoms with E-state index in [1.807, 2.05) is 24.4 Å². The molecule has 3 nitrogen and oxygen atoms in total. The highest BCUT2D eigenvalue weighted by Crippen LogP contribution is 2.33. The van der Waals surface area contributed by atoms with Crippen LogP contribution in [0.3, 0.4) is 0 Å². The quantitative estimate of drug-likeness (QED) is 0.871. The Hall–Kier alpha value is -1.32. The van der Waals surface area contributed by atoms with Crippen LogP contribution >= 0.6 is 11.6 Å². The zero-order valence-electron chi connectivity index (χ0n) is 13.3. The summed E-state index contributed by atoms with van der Waals surface area (Å²) in [5.41, 5.74) is 0. The zero-order chi connectivity index (χ0) is 15.6. The minimum atomic E-state index is 0.283. The van der Waals surface area contributed by atoms with Crippen molar-refractivity contribution in [1.82, 2.24) is 10.3 Å². The van der Waals surface area contributed by atoms with Gasteiger partial charge in [0.2, 0.25) is 0 Å². The lowest BCUT2D eigenvalue weighted by molar-refractivity contribution is 0.139. The molecule has 0 spiro atoms. The average Bonchev–Trinajstić information content (AvgIpc) is 3.39. The number of hydrogen-bond acceptors (Lipinski definition) is 3. The van der Waals surface area contributed by atoms with Gasteiger partial charge in [0.15, 0.2) is 0 Å². The van der Waals surface area contributed by atoms with Crippen molar-refractivity contribution in [2.24, 2.45) is 5.92 Å². The predicted octanol–water partition coefficient (Wildman–Crippen LogP) is 4.58. The van der Waals surface area contributed by atoms with E-state index in [4.69, 9.17) is 16.3 Å². The molecule has 1 N–H and O–H groups in total. The molecule has 23 heavy (non-hydrogen) atoms. The Labute approximate surface area is 142 Å². The highest BCUT2D eigenvalue weighted by atomic mass is 35.5. The highest BCUT2D eigenvalue weighted by molar-refractivity contribution is 6.32. The van der Waals surface area contributed by atoms with E-state index < -0.39 is 0 Å². The first-order valence-electron chi connectivity index (χ1n) is 8.71. The molecule has 2 aliphatic carbocycles. The summed E-state index contributed by atoms with van der Waals surface area (Å²) in [6.45, 7) is 1.21. The number of fused-ring (bicyclic) bond motifs is 1. The summed E-state index contributed by atoms with van der Waals surface area (Å²) >= 11 is 6.38. The summed E-state index contributed by atoms with van der Waals surface area (Å²) in [6, 6.07) is 6.66. The van der Waals surface area contributed by atoms with Gasteiger partial charge in [-0.25, -0.2) is 0 Å². The largest absolute Gasteiger partial charge is 0.489 e. The Balaban J connectivity index is 1.36. The Bertz CT molecular complexity index is 678. The maximum Gasteiger partial charge on any atom is 0.138 e.